The van der Waals surface area contributed by atoms with Crippen LogP contribution in [0.5, 0.6) is 0 Å². The van der Waals surface area contributed by atoms with Crippen LogP contribution in [-0.4, -0.2) is 0 Å². The molecule has 19 heavy (non-hydrogen) atoms. The molecule has 96 valence electrons. The summed E-state index contributed by atoms with van der Waals surface area (Å²) >= 11 is 11.9. The van der Waals surface area contributed by atoms with Gasteiger partial charge >= 0.3 is 0 Å². The summed E-state index contributed by atoms with van der Waals surface area (Å²) in [5.41, 5.74) is 2.47. The second kappa shape index (κ2) is 6.58. The largest absolute Gasteiger partial charge is 0.372 e. The molecule has 0 fully saturated rings. The van der Waals surface area contributed by atoms with Gasteiger partial charge < -0.3 is 4.74 Å². The molecule has 0 bridgehead atoms. The summed E-state index contributed by atoms with van der Waals surface area (Å²) in [6.45, 7) is 0.903. The SMILES string of the molecule is N#Cc1ccc(COCc2ccc(Cl)cc2)c(Cl)c1. The zero-order valence-electron chi connectivity index (χ0n) is 10.1. The average molecular weight is 292 g/mol. The number of halogens is 2. The highest BCUT2D eigenvalue weighted by molar-refractivity contribution is 6.31. The highest BCUT2D eigenvalue weighted by atomic mass is 35.5. The summed E-state index contributed by atoms with van der Waals surface area (Å²) in [5.74, 6) is 0. The number of rotatable bonds is 4. The quantitative estimate of drug-likeness (QED) is 0.826. The van der Waals surface area contributed by atoms with Crippen LogP contribution in [0.25, 0.3) is 0 Å². The van der Waals surface area contributed by atoms with E-state index in [2.05, 4.69) is 0 Å². The predicted molar refractivity (Wildman–Crippen MR) is 76.1 cm³/mol. The van der Waals surface area contributed by atoms with Crippen molar-refractivity contribution in [3.63, 3.8) is 0 Å². The Morgan fingerprint density at radius 2 is 1.74 bits per heavy atom. The van der Waals surface area contributed by atoms with Crippen LogP contribution in [0.2, 0.25) is 10.0 Å². The van der Waals surface area contributed by atoms with E-state index in [1.54, 1.807) is 12.1 Å². The van der Waals surface area contributed by atoms with Crippen LogP contribution in [-0.2, 0) is 18.0 Å². The first-order valence-electron chi connectivity index (χ1n) is 5.70. The molecule has 0 aliphatic heterocycles. The Hall–Kier alpha value is -1.53. The Morgan fingerprint density at radius 3 is 2.37 bits per heavy atom. The fourth-order valence-corrected chi connectivity index (χ4v) is 1.95. The summed E-state index contributed by atoms with van der Waals surface area (Å²) in [4.78, 5) is 0. The van der Waals surface area contributed by atoms with Gasteiger partial charge in [0.05, 0.1) is 24.8 Å². The van der Waals surface area contributed by atoms with Crippen molar-refractivity contribution >= 4 is 23.2 Å². The van der Waals surface area contributed by atoms with Gasteiger partial charge in [0.1, 0.15) is 0 Å². The third-order valence-corrected chi connectivity index (χ3v) is 3.23. The van der Waals surface area contributed by atoms with Gasteiger partial charge in [-0.3, -0.25) is 0 Å². The van der Waals surface area contributed by atoms with E-state index in [1.807, 2.05) is 36.4 Å². The molecule has 2 aromatic carbocycles. The standard InChI is InChI=1S/C15H11Cl2NO/c16-14-5-2-11(3-6-14)9-19-10-13-4-1-12(8-18)7-15(13)17/h1-7H,9-10H2. The molecule has 0 aromatic heterocycles. The highest BCUT2D eigenvalue weighted by Gasteiger charge is 2.02. The summed E-state index contributed by atoms with van der Waals surface area (Å²) < 4.78 is 5.59. The Balaban J connectivity index is 1.92. The first-order valence-corrected chi connectivity index (χ1v) is 6.45. The smallest absolute Gasteiger partial charge is 0.0992 e. The summed E-state index contributed by atoms with van der Waals surface area (Å²) in [7, 11) is 0. The lowest BCUT2D eigenvalue weighted by Gasteiger charge is -2.06. The van der Waals surface area contributed by atoms with Crippen molar-refractivity contribution < 1.29 is 4.74 Å². The summed E-state index contributed by atoms with van der Waals surface area (Å²) in [6, 6.07) is 14.7. The highest BCUT2D eigenvalue weighted by Crippen LogP contribution is 2.19. The van der Waals surface area contributed by atoms with Crippen LogP contribution < -0.4 is 0 Å². The second-order valence-corrected chi connectivity index (χ2v) is 4.88. The van der Waals surface area contributed by atoms with E-state index in [-0.39, 0.29) is 0 Å². The second-order valence-electron chi connectivity index (χ2n) is 4.04. The molecular formula is C15H11Cl2NO. The lowest BCUT2D eigenvalue weighted by molar-refractivity contribution is 0.107. The van der Waals surface area contributed by atoms with E-state index >= 15 is 0 Å². The van der Waals surface area contributed by atoms with Gasteiger partial charge in [-0.15, -0.1) is 0 Å². The zero-order valence-corrected chi connectivity index (χ0v) is 11.6. The van der Waals surface area contributed by atoms with E-state index in [9.17, 15) is 0 Å². The molecule has 0 unspecified atom stereocenters. The van der Waals surface area contributed by atoms with E-state index in [1.165, 1.54) is 0 Å². The molecule has 2 rings (SSSR count). The Bertz CT molecular complexity index is 603. The number of nitriles is 1. The molecule has 4 heteroatoms. The number of hydrogen-bond acceptors (Lipinski definition) is 2. The van der Waals surface area contributed by atoms with Crippen molar-refractivity contribution in [2.45, 2.75) is 13.2 Å². The third kappa shape index (κ3) is 3.97. The zero-order chi connectivity index (χ0) is 13.7. The third-order valence-electron chi connectivity index (χ3n) is 2.62. The first-order chi connectivity index (χ1) is 9.19. The van der Waals surface area contributed by atoms with Gasteiger partial charge in [-0.2, -0.15) is 5.26 Å². The molecule has 0 N–H and O–H groups in total. The van der Waals surface area contributed by atoms with Crippen LogP contribution in [0, 0.1) is 11.3 Å². The molecule has 0 saturated heterocycles. The van der Waals surface area contributed by atoms with Crippen molar-refractivity contribution in [1.82, 2.24) is 0 Å². The Kier molecular flexibility index (Phi) is 4.81. The lowest BCUT2D eigenvalue weighted by atomic mass is 10.1. The predicted octanol–water partition coefficient (Wildman–Crippen LogP) is 4.58. The maximum Gasteiger partial charge on any atom is 0.0992 e. The van der Waals surface area contributed by atoms with Gasteiger partial charge in [0.2, 0.25) is 0 Å². The Labute approximate surface area is 122 Å². The van der Waals surface area contributed by atoms with Crippen molar-refractivity contribution in [2.24, 2.45) is 0 Å². The van der Waals surface area contributed by atoms with Gasteiger partial charge in [-0.25, -0.2) is 0 Å². The molecule has 0 amide bonds. The molecule has 0 atom stereocenters. The van der Waals surface area contributed by atoms with Crippen molar-refractivity contribution in [3.05, 3.63) is 69.2 Å². The van der Waals surface area contributed by atoms with Gasteiger partial charge in [-0.05, 0) is 35.4 Å². The minimum absolute atomic E-state index is 0.410. The lowest BCUT2D eigenvalue weighted by Crippen LogP contribution is -1.95. The van der Waals surface area contributed by atoms with Crippen LogP contribution >= 0.6 is 23.2 Å². The molecule has 0 aliphatic rings. The molecule has 0 radical (unpaired) electrons. The average Bonchev–Trinajstić information content (AvgIpc) is 2.42. The summed E-state index contributed by atoms with van der Waals surface area (Å²) in [5, 5.41) is 10.0. The molecule has 0 aliphatic carbocycles. The number of benzene rings is 2. The molecule has 2 nitrogen and oxygen atoms in total. The van der Waals surface area contributed by atoms with E-state index < -0.39 is 0 Å². The van der Waals surface area contributed by atoms with Gasteiger partial charge in [0.25, 0.3) is 0 Å². The minimum Gasteiger partial charge on any atom is -0.372 e. The molecule has 0 heterocycles. The number of ether oxygens (including phenoxy) is 1. The minimum atomic E-state index is 0.410. The Morgan fingerprint density at radius 1 is 1.00 bits per heavy atom. The van der Waals surface area contributed by atoms with E-state index in [0.717, 1.165) is 11.1 Å². The molecule has 0 saturated carbocycles. The first kappa shape index (κ1) is 13.9. The molecular weight excluding hydrogens is 281 g/mol. The van der Waals surface area contributed by atoms with Crippen molar-refractivity contribution in [1.29, 1.82) is 5.26 Å². The van der Waals surface area contributed by atoms with Crippen LogP contribution in [0.1, 0.15) is 16.7 Å². The monoisotopic (exact) mass is 291 g/mol. The van der Waals surface area contributed by atoms with Crippen LogP contribution in [0.3, 0.4) is 0 Å². The topological polar surface area (TPSA) is 33.0 Å². The van der Waals surface area contributed by atoms with Crippen LogP contribution in [0.4, 0.5) is 0 Å². The number of hydrogen-bond donors (Lipinski definition) is 0. The van der Waals surface area contributed by atoms with Crippen molar-refractivity contribution in [2.75, 3.05) is 0 Å². The molecule has 0 spiro atoms. The molecule has 2 aromatic rings. The fourth-order valence-electron chi connectivity index (χ4n) is 1.59. The number of nitrogens with zero attached hydrogens (tertiary/aromatic N) is 1. The fraction of sp³-hybridized carbons (Fsp3) is 0.133. The maximum absolute atomic E-state index is 8.75. The van der Waals surface area contributed by atoms with Crippen LogP contribution in [0.15, 0.2) is 42.5 Å². The van der Waals surface area contributed by atoms with Gasteiger partial charge in [-0.1, -0.05) is 41.4 Å². The van der Waals surface area contributed by atoms with E-state index in [4.69, 9.17) is 33.2 Å². The van der Waals surface area contributed by atoms with E-state index in [0.29, 0.717) is 28.8 Å². The normalized spacial score (nSPS) is 10.2. The summed E-state index contributed by atoms with van der Waals surface area (Å²) in [6.07, 6.45) is 0. The van der Waals surface area contributed by atoms with Gasteiger partial charge in [0.15, 0.2) is 0 Å². The van der Waals surface area contributed by atoms with Gasteiger partial charge in [0, 0.05) is 10.0 Å². The van der Waals surface area contributed by atoms with Crippen molar-refractivity contribution in [3.8, 4) is 6.07 Å². The maximum atomic E-state index is 8.75.